The van der Waals surface area contributed by atoms with Crippen molar-refractivity contribution in [3.05, 3.63) is 42.1 Å². The van der Waals surface area contributed by atoms with Crippen LogP contribution in [0.15, 0.2) is 41.6 Å². The predicted octanol–water partition coefficient (Wildman–Crippen LogP) is 1.40. The number of thiocarbonyl (C=S) groups is 1. The molecule has 2 aromatic rings. The van der Waals surface area contributed by atoms with Crippen molar-refractivity contribution in [3.8, 4) is 0 Å². The van der Waals surface area contributed by atoms with E-state index in [0.717, 1.165) is 16.5 Å². The van der Waals surface area contributed by atoms with Crippen LogP contribution in [0.4, 0.5) is 0 Å². The third-order valence-corrected chi connectivity index (χ3v) is 2.13. The second kappa shape index (κ2) is 4.67. The highest BCUT2D eigenvalue weighted by Gasteiger charge is 1.97. The number of nitrogens with one attached hydrogen (secondary N) is 1. The molecule has 80 valence electrons. The summed E-state index contributed by atoms with van der Waals surface area (Å²) in [6.07, 6.45) is 3.40. The molecule has 0 unspecified atom stereocenters. The third-order valence-electron chi connectivity index (χ3n) is 2.04. The molecule has 0 saturated heterocycles. The molecule has 0 radical (unpaired) electrons. The summed E-state index contributed by atoms with van der Waals surface area (Å²) in [7, 11) is 0. The van der Waals surface area contributed by atoms with E-state index in [9.17, 15) is 0 Å². The molecule has 0 aliphatic heterocycles. The van der Waals surface area contributed by atoms with E-state index in [4.69, 9.17) is 5.73 Å². The summed E-state index contributed by atoms with van der Waals surface area (Å²) in [4.78, 5) is 4.30. The van der Waals surface area contributed by atoms with Gasteiger partial charge in [-0.3, -0.25) is 10.4 Å². The minimum absolute atomic E-state index is 0.143. The van der Waals surface area contributed by atoms with Gasteiger partial charge in [0.2, 0.25) is 0 Å². The van der Waals surface area contributed by atoms with Crippen LogP contribution in [-0.4, -0.2) is 16.3 Å². The fourth-order valence-electron chi connectivity index (χ4n) is 1.40. The van der Waals surface area contributed by atoms with E-state index < -0.39 is 0 Å². The van der Waals surface area contributed by atoms with Crippen LogP contribution in [0.1, 0.15) is 5.56 Å². The lowest BCUT2D eigenvalue weighted by Gasteiger charge is -2.00. The smallest absolute Gasteiger partial charge is 0.184 e. The number of pyridine rings is 1. The molecule has 0 saturated carbocycles. The van der Waals surface area contributed by atoms with Crippen molar-refractivity contribution in [3.63, 3.8) is 0 Å². The van der Waals surface area contributed by atoms with E-state index in [1.54, 1.807) is 12.4 Å². The van der Waals surface area contributed by atoms with Crippen LogP contribution in [0.25, 0.3) is 10.9 Å². The molecule has 1 aromatic carbocycles. The van der Waals surface area contributed by atoms with Gasteiger partial charge < -0.3 is 5.73 Å². The number of hydrogen-bond donors (Lipinski definition) is 2. The first-order chi connectivity index (χ1) is 7.77. The zero-order chi connectivity index (χ0) is 11.4. The van der Waals surface area contributed by atoms with Gasteiger partial charge in [-0.1, -0.05) is 24.3 Å². The monoisotopic (exact) mass is 230 g/mol. The van der Waals surface area contributed by atoms with Crippen molar-refractivity contribution in [1.29, 1.82) is 0 Å². The fraction of sp³-hybridized carbons (Fsp3) is 0. The van der Waals surface area contributed by atoms with Crippen molar-refractivity contribution in [2.24, 2.45) is 10.8 Å². The lowest BCUT2D eigenvalue weighted by atomic mass is 10.1. The fourth-order valence-corrected chi connectivity index (χ4v) is 1.45. The van der Waals surface area contributed by atoms with Gasteiger partial charge in [0.05, 0.1) is 11.7 Å². The number of benzene rings is 1. The van der Waals surface area contributed by atoms with Gasteiger partial charge >= 0.3 is 0 Å². The number of hydrazone groups is 1. The number of nitrogens with zero attached hydrogens (tertiary/aromatic N) is 2. The molecule has 16 heavy (non-hydrogen) atoms. The number of hydrogen-bond acceptors (Lipinski definition) is 3. The van der Waals surface area contributed by atoms with Crippen LogP contribution in [0.5, 0.6) is 0 Å². The molecule has 0 amide bonds. The molecular weight excluding hydrogens is 220 g/mol. The van der Waals surface area contributed by atoms with Crippen molar-refractivity contribution >= 4 is 34.4 Å². The van der Waals surface area contributed by atoms with Gasteiger partial charge in [0.25, 0.3) is 0 Å². The molecule has 2 rings (SSSR count). The molecule has 4 nitrogen and oxygen atoms in total. The Balaban J connectivity index is 2.37. The molecule has 0 spiro atoms. The number of nitrogens with two attached hydrogens (primary N) is 1. The highest BCUT2D eigenvalue weighted by Crippen LogP contribution is 2.13. The van der Waals surface area contributed by atoms with Crippen molar-refractivity contribution in [2.45, 2.75) is 0 Å². The predicted molar refractivity (Wildman–Crippen MR) is 69.3 cm³/mol. The number of para-hydroxylation sites is 1. The molecule has 0 fully saturated rings. The standard InChI is InChI=1S/C11H10N4S/c12-11(16)15-14-7-9-4-1-3-8-5-2-6-13-10(8)9/h1-7H,(H3,12,15,16)/b14-7+. The van der Waals surface area contributed by atoms with Gasteiger partial charge in [0.1, 0.15) is 0 Å². The molecule has 1 aromatic heterocycles. The van der Waals surface area contributed by atoms with Gasteiger partial charge in [-0.25, -0.2) is 0 Å². The third kappa shape index (κ3) is 2.32. The first-order valence-corrected chi connectivity index (χ1v) is 5.10. The molecule has 0 bridgehead atoms. The maximum Gasteiger partial charge on any atom is 0.184 e. The number of aromatic nitrogens is 1. The number of fused-ring (bicyclic) bond motifs is 1. The van der Waals surface area contributed by atoms with Crippen LogP contribution < -0.4 is 11.2 Å². The SMILES string of the molecule is NC(=S)N/N=C/c1cccc2cccnc12. The Hall–Kier alpha value is -2.01. The maximum atomic E-state index is 5.26. The Morgan fingerprint density at radius 3 is 3.00 bits per heavy atom. The zero-order valence-electron chi connectivity index (χ0n) is 8.42. The van der Waals surface area contributed by atoms with Crippen LogP contribution in [0, 0.1) is 0 Å². The summed E-state index contributed by atoms with van der Waals surface area (Å²) in [5.74, 6) is 0. The van der Waals surface area contributed by atoms with E-state index in [1.807, 2.05) is 30.3 Å². The molecule has 0 aliphatic rings. The quantitative estimate of drug-likeness (QED) is 0.465. The van der Waals surface area contributed by atoms with Crippen molar-refractivity contribution in [1.82, 2.24) is 10.4 Å². The van der Waals surface area contributed by atoms with Crippen LogP contribution in [-0.2, 0) is 0 Å². The summed E-state index contributed by atoms with van der Waals surface area (Å²) in [6.45, 7) is 0. The second-order valence-corrected chi connectivity index (χ2v) is 3.60. The Kier molecular flexibility index (Phi) is 3.07. The minimum Gasteiger partial charge on any atom is -0.375 e. The first kappa shape index (κ1) is 10.5. The van der Waals surface area contributed by atoms with Crippen LogP contribution in [0.3, 0.4) is 0 Å². The minimum atomic E-state index is 0.143. The van der Waals surface area contributed by atoms with Gasteiger partial charge in [-0.05, 0) is 18.3 Å². The normalized spacial score (nSPS) is 10.8. The van der Waals surface area contributed by atoms with E-state index in [0.29, 0.717) is 0 Å². The lowest BCUT2D eigenvalue weighted by molar-refractivity contribution is 1.04. The van der Waals surface area contributed by atoms with Crippen LogP contribution >= 0.6 is 12.2 Å². The maximum absolute atomic E-state index is 5.26. The lowest BCUT2D eigenvalue weighted by Crippen LogP contribution is -2.24. The summed E-state index contributed by atoms with van der Waals surface area (Å²) < 4.78 is 0. The summed E-state index contributed by atoms with van der Waals surface area (Å²) in [6, 6.07) is 9.78. The Morgan fingerprint density at radius 1 is 1.38 bits per heavy atom. The average molecular weight is 230 g/mol. The highest BCUT2D eigenvalue weighted by molar-refractivity contribution is 7.80. The Labute approximate surface area is 98.2 Å². The van der Waals surface area contributed by atoms with E-state index in [2.05, 4.69) is 27.7 Å². The average Bonchev–Trinajstić information content (AvgIpc) is 2.29. The molecule has 3 N–H and O–H groups in total. The molecular formula is C11H10N4S. The van der Waals surface area contributed by atoms with E-state index in [-0.39, 0.29) is 5.11 Å². The molecule has 0 aliphatic carbocycles. The summed E-state index contributed by atoms with van der Waals surface area (Å²) >= 11 is 4.64. The Bertz CT molecular complexity index is 545. The number of rotatable bonds is 2. The van der Waals surface area contributed by atoms with Gasteiger partial charge in [-0.2, -0.15) is 5.10 Å². The molecule has 5 heteroatoms. The first-order valence-electron chi connectivity index (χ1n) is 4.69. The Morgan fingerprint density at radius 2 is 2.19 bits per heavy atom. The van der Waals surface area contributed by atoms with Gasteiger partial charge in [0.15, 0.2) is 5.11 Å². The topological polar surface area (TPSA) is 63.3 Å². The van der Waals surface area contributed by atoms with E-state index in [1.165, 1.54) is 0 Å². The second-order valence-electron chi connectivity index (χ2n) is 3.16. The largest absolute Gasteiger partial charge is 0.375 e. The molecule has 0 atom stereocenters. The van der Waals surface area contributed by atoms with Crippen LogP contribution in [0.2, 0.25) is 0 Å². The van der Waals surface area contributed by atoms with E-state index >= 15 is 0 Å². The van der Waals surface area contributed by atoms with Gasteiger partial charge in [-0.15, -0.1) is 0 Å². The van der Waals surface area contributed by atoms with Crippen molar-refractivity contribution in [2.75, 3.05) is 0 Å². The summed E-state index contributed by atoms with van der Waals surface area (Å²) in [5.41, 5.74) is 9.59. The zero-order valence-corrected chi connectivity index (χ0v) is 9.24. The highest BCUT2D eigenvalue weighted by atomic mass is 32.1. The van der Waals surface area contributed by atoms with Crippen molar-refractivity contribution < 1.29 is 0 Å². The summed E-state index contributed by atoms with van der Waals surface area (Å²) in [5, 5.41) is 5.12. The van der Waals surface area contributed by atoms with Gasteiger partial charge in [0, 0.05) is 17.1 Å². The molecule has 1 heterocycles.